The van der Waals surface area contributed by atoms with Crippen molar-refractivity contribution in [3.05, 3.63) is 57.9 Å². The molecule has 0 bridgehead atoms. The number of rotatable bonds is 7. The van der Waals surface area contributed by atoms with E-state index in [1.807, 2.05) is 53.8 Å². The number of halogens is 1. The molecule has 1 aromatic heterocycles. The lowest BCUT2D eigenvalue weighted by Gasteiger charge is -2.25. The van der Waals surface area contributed by atoms with Crippen LogP contribution in [0.25, 0.3) is 6.08 Å². The Hall–Kier alpha value is -2.07. The van der Waals surface area contributed by atoms with E-state index < -0.39 is 0 Å². The van der Waals surface area contributed by atoms with E-state index in [1.54, 1.807) is 6.08 Å². The van der Waals surface area contributed by atoms with Crippen LogP contribution in [0.1, 0.15) is 49.2 Å². The van der Waals surface area contributed by atoms with Gasteiger partial charge in [0.15, 0.2) is 0 Å². The molecule has 1 fully saturated rings. The number of carbonyl (C=O) groups excluding carboxylic acids is 1. The lowest BCUT2D eigenvalue weighted by molar-refractivity contribution is -0.127. The second kappa shape index (κ2) is 8.30. The molecule has 0 unspecified atom stereocenters. The maximum absolute atomic E-state index is 12.7. The van der Waals surface area contributed by atoms with Gasteiger partial charge in [0.2, 0.25) is 5.91 Å². The normalized spacial score (nSPS) is 14.3. The number of aromatic nitrogens is 2. The van der Waals surface area contributed by atoms with Gasteiger partial charge in [-0.3, -0.25) is 9.48 Å². The van der Waals surface area contributed by atoms with Gasteiger partial charge in [-0.15, -0.1) is 0 Å². The van der Waals surface area contributed by atoms with Gasteiger partial charge in [-0.2, -0.15) is 5.10 Å². The highest BCUT2D eigenvalue weighted by Gasteiger charge is 2.27. The predicted octanol–water partition coefficient (Wildman–Crippen LogP) is 4.86. The second-order valence-corrected chi connectivity index (χ2v) is 8.10. The molecular formula is C22H28ClN3O. The molecule has 0 atom stereocenters. The molecule has 0 aliphatic heterocycles. The van der Waals surface area contributed by atoms with Gasteiger partial charge >= 0.3 is 0 Å². The molecule has 27 heavy (non-hydrogen) atoms. The smallest absolute Gasteiger partial charge is 0.246 e. The summed E-state index contributed by atoms with van der Waals surface area (Å²) in [5, 5.41) is 5.39. The van der Waals surface area contributed by atoms with Crippen molar-refractivity contribution >= 4 is 23.6 Å². The van der Waals surface area contributed by atoms with Crippen molar-refractivity contribution in [2.24, 2.45) is 5.92 Å². The van der Waals surface area contributed by atoms with E-state index in [0.717, 1.165) is 34.1 Å². The molecule has 5 heteroatoms. The number of nitrogens with zero attached hydrogens (tertiary/aromatic N) is 3. The molecule has 3 rings (SSSR count). The molecule has 1 amide bonds. The Labute approximate surface area is 166 Å². The number of benzene rings is 1. The van der Waals surface area contributed by atoms with Crippen molar-refractivity contribution in [2.45, 2.75) is 53.1 Å². The molecule has 1 aromatic carbocycles. The largest absolute Gasteiger partial charge is 0.336 e. The molecule has 1 heterocycles. The summed E-state index contributed by atoms with van der Waals surface area (Å²) >= 11 is 6.28. The van der Waals surface area contributed by atoms with Crippen LogP contribution in [-0.4, -0.2) is 33.2 Å². The van der Waals surface area contributed by atoms with Crippen LogP contribution in [-0.2, 0) is 11.3 Å². The minimum absolute atomic E-state index is 0.0783. The second-order valence-electron chi connectivity index (χ2n) is 7.69. The Bertz CT molecular complexity index is 849. The van der Waals surface area contributed by atoms with E-state index in [9.17, 15) is 4.79 Å². The monoisotopic (exact) mass is 385 g/mol. The Kier molecular flexibility index (Phi) is 6.05. The van der Waals surface area contributed by atoms with E-state index >= 15 is 0 Å². The molecule has 0 N–H and O–H groups in total. The fourth-order valence-corrected chi connectivity index (χ4v) is 3.47. The van der Waals surface area contributed by atoms with E-state index in [2.05, 4.69) is 18.9 Å². The molecule has 4 nitrogen and oxygen atoms in total. The average Bonchev–Trinajstić information content (AvgIpc) is 3.40. The third-order valence-electron chi connectivity index (χ3n) is 5.17. The van der Waals surface area contributed by atoms with Crippen LogP contribution in [0.2, 0.25) is 5.02 Å². The first-order valence-electron chi connectivity index (χ1n) is 9.63. The first kappa shape index (κ1) is 19.7. The summed E-state index contributed by atoms with van der Waals surface area (Å²) in [6, 6.07) is 8.02. The average molecular weight is 386 g/mol. The molecule has 2 aromatic rings. The molecule has 0 spiro atoms. The highest BCUT2D eigenvalue weighted by molar-refractivity contribution is 6.31. The van der Waals surface area contributed by atoms with Gasteiger partial charge in [-0.1, -0.05) is 29.8 Å². The summed E-state index contributed by atoms with van der Waals surface area (Å²) in [5.41, 5.74) is 3.99. The van der Waals surface area contributed by atoms with Crippen molar-refractivity contribution in [2.75, 3.05) is 6.54 Å². The molecule has 1 saturated carbocycles. The topological polar surface area (TPSA) is 38.1 Å². The minimum Gasteiger partial charge on any atom is -0.336 e. The molecule has 1 aliphatic carbocycles. The van der Waals surface area contributed by atoms with Gasteiger partial charge in [-0.05, 0) is 64.2 Å². The maximum Gasteiger partial charge on any atom is 0.246 e. The minimum atomic E-state index is 0.0783. The van der Waals surface area contributed by atoms with Crippen molar-refractivity contribution < 1.29 is 4.79 Å². The third-order valence-corrected chi connectivity index (χ3v) is 5.53. The Morgan fingerprint density at radius 3 is 2.67 bits per heavy atom. The molecule has 0 saturated heterocycles. The van der Waals surface area contributed by atoms with Crippen LogP contribution in [0.5, 0.6) is 0 Å². The van der Waals surface area contributed by atoms with E-state index in [-0.39, 0.29) is 11.9 Å². The lowest BCUT2D eigenvalue weighted by Crippen LogP contribution is -2.37. The lowest BCUT2D eigenvalue weighted by atomic mass is 10.1. The molecular weight excluding hydrogens is 358 g/mol. The van der Waals surface area contributed by atoms with Gasteiger partial charge in [0.25, 0.3) is 0 Å². The SMILES string of the molecule is Cc1nn(Cc2ccccc2Cl)c(C)c1/C=C/C(=O)N(CC1CC1)C(C)C. The van der Waals surface area contributed by atoms with Crippen molar-refractivity contribution in [1.82, 2.24) is 14.7 Å². The van der Waals surface area contributed by atoms with Crippen LogP contribution >= 0.6 is 11.6 Å². The summed E-state index contributed by atoms with van der Waals surface area (Å²) in [6.07, 6.45) is 6.09. The van der Waals surface area contributed by atoms with Gasteiger partial charge in [-0.25, -0.2) is 0 Å². The van der Waals surface area contributed by atoms with Gasteiger partial charge < -0.3 is 4.90 Å². The summed E-state index contributed by atoms with van der Waals surface area (Å²) in [5.74, 6) is 0.765. The van der Waals surface area contributed by atoms with Crippen molar-refractivity contribution in [1.29, 1.82) is 0 Å². The summed E-state index contributed by atoms with van der Waals surface area (Å²) in [7, 11) is 0. The number of carbonyl (C=O) groups is 1. The van der Waals surface area contributed by atoms with Crippen molar-refractivity contribution in [3.8, 4) is 0 Å². The third kappa shape index (κ3) is 4.81. The van der Waals surface area contributed by atoms with Crippen LogP contribution in [0.4, 0.5) is 0 Å². The first-order chi connectivity index (χ1) is 12.9. The quantitative estimate of drug-likeness (QED) is 0.638. The van der Waals surface area contributed by atoms with Crippen LogP contribution in [0.3, 0.4) is 0 Å². The number of aryl methyl sites for hydroxylation is 1. The fraction of sp³-hybridized carbons (Fsp3) is 0.455. The van der Waals surface area contributed by atoms with Crippen LogP contribution in [0.15, 0.2) is 30.3 Å². The highest BCUT2D eigenvalue weighted by Crippen LogP contribution is 2.30. The Morgan fingerprint density at radius 1 is 1.33 bits per heavy atom. The molecule has 0 radical (unpaired) electrons. The highest BCUT2D eigenvalue weighted by atomic mass is 35.5. The predicted molar refractivity (Wildman–Crippen MR) is 111 cm³/mol. The zero-order valence-corrected chi connectivity index (χ0v) is 17.3. The van der Waals surface area contributed by atoms with Crippen molar-refractivity contribution in [3.63, 3.8) is 0 Å². The zero-order chi connectivity index (χ0) is 19.6. The molecule has 1 aliphatic rings. The maximum atomic E-state index is 12.7. The standard InChI is InChI=1S/C22H28ClN3O/c1-15(2)25(13-18-9-10-18)22(27)12-11-20-16(3)24-26(17(20)4)14-19-7-5-6-8-21(19)23/h5-8,11-12,15,18H,9-10,13-14H2,1-4H3/b12-11+. The number of amides is 1. The van der Waals surface area contributed by atoms with E-state index in [1.165, 1.54) is 12.8 Å². The zero-order valence-electron chi connectivity index (χ0n) is 16.6. The first-order valence-corrected chi connectivity index (χ1v) is 10.0. The number of hydrogen-bond donors (Lipinski definition) is 0. The summed E-state index contributed by atoms with van der Waals surface area (Å²) < 4.78 is 1.95. The Balaban J connectivity index is 1.76. The van der Waals surface area contributed by atoms with E-state index in [4.69, 9.17) is 11.6 Å². The molecule has 144 valence electrons. The van der Waals surface area contributed by atoms with Crippen LogP contribution in [0, 0.1) is 19.8 Å². The van der Waals surface area contributed by atoms with Gasteiger partial charge in [0.05, 0.1) is 12.2 Å². The number of hydrogen-bond acceptors (Lipinski definition) is 2. The summed E-state index contributed by atoms with van der Waals surface area (Å²) in [6.45, 7) is 9.65. The fourth-order valence-electron chi connectivity index (χ4n) is 3.28. The van der Waals surface area contributed by atoms with Gasteiger partial charge in [0, 0.05) is 34.9 Å². The Morgan fingerprint density at radius 2 is 2.04 bits per heavy atom. The van der Waals surface area contributed by atoms with Crippen LogP contribution < -0.4 is 0 Å². The van der Waals surface area contributed by atoms with E-state index in [0.29, 0.717) is 12.5 Å². The summed E-state index contributed by atoms with van der Waals surface area (Å²) in [4.78, 5) is 14.6. The van der Waals surface area contributed by atoms with Gasteiger partial charge in [0.1, 0.15) is 0 Å².